The highest BCUT2D eigenvalue weighted by molar-refractivity contribution is 6.06. The summed E-state index contributed by atoms with van der Waals surface area (Å²) < 4.78 is 5.27. The Labute approximate surface area is 150 Å². The van der Waals surface area contributed by atoms with Gasteiger partial charge in [-0.05, 0) is 36.6 Å². The molecule has 6 nitrogen and oxygen atoms in total. The summed E-state index contributed by atoms with van der Waals surface area (Å²) in [6.07, 6.45) is 1.36. The molecular weight excluding hydrogens is 332 g/mol. The Bertz CT molecular complexity index is 889. The topological polar surface area (TPSA) is 84.5 Å². The Balaban J connectivity index is 1.50. The van der Waals surface area contributed by atoms with Crippen LogP contribution in [0.5, 0.6) is 0 Å². The Morgan fingerprint density at radius 2 is 1.73 bits per heavy atom. The number of nitrogens with one attached hydrogen (secondary N) is 2. The third kappa shape index (κ3) is 3.31. The molecule has 1 saturated carbocycles. The summed E-state index contributed by atoms with van der Waals surface area (Å²) in [6, 6.07) is 14.1. The lowest BCUT2D eigenvalue weighted by atomic mass is 9.98. The maximum Gasteiger partial charge on any atom is 0.339 e. The highest BCUT2D eigenvalue weighted by Crippen LogP contribution is 2.24. The number of para-hydroxylation sites is 1. The van der Waals surface area contributed by atoms with Crippen molar-refractivity contribution in [3.8, 4) is 0 Å². The van der Waals surface area contributed by atoms with E-state index in [9.17, 15) is 14.4 Å². The van der Waals surface area contributed by atoms with Crippen LogP contribution in [-0.4, -0.2) is 29.9 Å². The molecule has 132 valence electrons. The van der Waals surface area contributed by atoms with Gasteiger partial charge >= 0.3 is 5.97 Å². The molecule has 1 aliphatic carbocycles. The van der Waals surface area contributed by atoms with E-state index >= 15 is 0 Å². The average Bonchev–Trinajstić information content (AvgIpc) is 3.46. The molecule has 0 unspecified atom stereocenters. The molecule has 2 aliphatic rings. The molecule has 0 bridgehead atoms. The third-order valence-corrected chi connectivity index (χ3v) is 4.53. The predicted octanol–water partition coefficient (Wildman–Crippen LogP) is 2.30. The van der Waals surface area contributed by atoms with Crippen molar-refractivity contribution in [2.75, 3.05) is 5.32 Å². The van der Waals surface area contributed by atoms with Gasteiger partial charge in [-0.15, -0.1) is 0 Å². The zero-order chi connectivity index (χ0) is 18.1. The fourth-order valence-electron chi connectivity index (χ4n) is 2.97. The lowest BCUT2D eigenvalue weighted by Gasteiger charge is -2.24. The van der Waals surface area contributed by atoms with Crippen molar-refractivity contribution < 1.29 is 19.1 Å². The smallest absolute Gasteiger partial charge is 0.339 e. The standard InChI is InChI=1S/C20H18N2O4/c23-18(21-13-9-10-13)15-7-3-4-8-16(15)22-19(24)17-11-12-5-1-2-6-14(12)20(25)26-17/h1-8,13,17H,9-11H2,(H,21,23)(H,22,24)/t17-/m1/s1. The van der Waals surface area contributed by atoms with Gasteiger partial charge in [-0.1, -0.05) is 30.3 Å². The number of hydrogen-bond acceptors (Lipinski definition) is 4. The molecule has 1 heterocycles. The predicted molar refractivity (Wildman–Crippen MR) is 94.9 cm³/mol. The monoisotopic (exact) mass is 350 g/mol. The van der Waals surface area contributed by atoms with Gasteiger partial charge < -0.3 is 15.4 Å². The van der Waals surface area contributed by atoms with Crippen molar-refractivity contribution in [1.29, 1.82) is 0 Å². The number of cyclic esters (lactones) is 1. The highest BCUT2D eigenvalue weighted by atomic mass is 16.5. The van der Waals surface area contributed by atoms with Crippen LogP contribution >= 0.6 is 0 Å². The van der Waals surface area contributed by atoms with Gasteiger partial charge in [-0.3, -0.25) is 9.59 Å². The summed E-state index contributed by atoms with van der Waals surface area (Å²) in [5.41, 5.74) is 2.07. The third-order valence-electron chi connectivity index (χ3n) is 4.53. The number of amides is 2. The molecular formula is C20H18N2O4. The van der Waals surface area contributed by atoms with E-state index in [1.807, 2.05) is 12.1 Å². The summed E-state index contributed by atoms with van der Waals surface area (Å²) in [6.45, 7) is 0. The first-order chi connectivity index (χ1) is 12.6. The zero-order valence-electron chi connectivity index (χ0n) is 14.0. The number of anilines is 1. The lowest BCUT2D eigenvalue weighted by molar-refractivity contribution is -0.125. The Kier molecular flexibility index (Phi) is 4.16. The first kappa shape index (κ1) is 16.3. The van der Waals surface area contributed by atoms with Crippen LogP contribution in [-0.2, 0) is 16.0 Å². The van der Waals surface area contributed by atoms with Gasteiger partial charge in [0.1, 0.15) is 0 Å². The van der Waals surface area contributed by atoms with E-state index in [0.29, 0.717) is 23.2 Å². The van der Waals surface area contributed by atoms with Crippen LogP contribution in [0.2, 0.25) is 0 Å². The van der Waals surface area contributed by atoms with Crippen LogP contribution in [0, 0.1) is 0 Å². The summed E-state index contributed by atoms with van der Waals surface area (Å²) in [5.74, 6) is -1.17. The Morgan fingerprint density at radius 1 is 1.00 bits per heavy atom. The summed E-state index contributed by atoms with van der Waals surface area (Å²) in [5, 5.41) is 5.64. The zero-order valence-corrected chi connectivity index (χ0v) is 14.0. The van der Waals surface area contributed by atoms with Crippen LogP contribution in [0.15, 0.2) is 48.5 Å². The fourth-order valence-corrected chi connectivity index (χ4v) is 2.97. The van der Waals surface area contributed by atoms with Crippen LogP contribution < -0.4 is 10.6 Å². The van der Waals surface area contributed by atoms with Crippen molar-refractivity contribution in [3.63, 3.8) is 0 Å². The first-order valence-corrected chi connectivity index (χ1v) is 8.61. The second-order valence-corrected chi connectivity index (χ2v) is 6.54. The summed E-state index contributed by atoms with van der Waals surface area (Å²) in [4.78, 5) is 37.0. The molecule has 2 aromatic carbocycles. The first-order valence-electron chi connectivity index (χ1n) is 8.61. The molecule has 0 radical (unpaired) electrons. The average molecular weight is 350 g/mol. The quantitative estimate of drug-likeness (QED) is 0.829. The number of fused-ring (bicyclic) bond motifs is 1. The minimum Gasteiger partial charge on any atom is -0.448 e. The minimum absolute atomic E-state index is 0.214. The van der Waals surface area contributed by atoms with Crippen LogP contribution in [0.1, 0.15) is 39.1 Å². The van der Waals surface area contributed by atoms with Crippen molar-refractivity contribution in [3.05, 3.63) is 65.2 Å². The number of hydrogen-bond donors (Lipinski definition) is 2. The van der Waals surface area contributed by atoms with E-state index in [1.165, 1.54) is 0 Å². The van der Waals surface area contributed by atoms with Gasteiger partial charge in [0.15, 0.2) is 6.10 Å². The number of benzene rings is 2. The maximum absolute atomic E-state index is 12.6. The van der Waals surface area contributed by atoms with E-state index in [0.717, 1.165) is 18.4 Å². The number of ether oxygens (including phenoxy) is 1. The SMILES string of the molecule is O=C1O[C@@H](C(=O)Nc2ccccc2C(=O)NC2CC2)Cc2ccccc21. The van der Waals surface area contributed by atoms with Crippen molar-refractivity contribution in [2.45, 2.75) is 31.4 Å². The lowest BCUT2D eigenvalue weighted by Crippen LogP contribution is -2.38. The molecule has 0 aromatic heterocycles. The summed E-state index contributed by atoms with van der Waals surface area (Å²) >= 11 is 0. The normalized spacial score (nSPS) is 18.5. The molecule has 26 heavy (non-hydrogen) atoms. The molecule has 2 N–H and O–H groups in total. The second-order valence-electron chi connectivity index (χ2n) is 6.54. The molecule has 2 aromatic rings. The second kappa shape index (κ2) is 6.63. The van der Waals surface area contributed by atoms with E-state index in [1.54, 1.807) is 36.4 Å². The number of rotatable bonds is 4. The molecule has 6 heteroatoms. The van der Waals surface area contributed by atoms with Gasteiger partial charge in [-0.2, -0.15) is 0 Å². The molecule has 0 saturated heterocycles. The van der Waals surface area contributed by atoms with Gasteiger partial charge in [0, 0.05) is 12.5 Å². The highest BCUT2D eigenvalue weighted by Gasteiger charge is 2.32. The van der Waals surface area contributed by atoms with Crippen molar-refractivity contribution in [2.24, 2.45) is 0 Å². The number of carbonyl (C=O) groups excluding carboxylic acids is 3. The van der Waals surface area contributed by atoms with Gasteiger partial charge in [0.25, 0.3) is 11.8 Å². The molecule has 1 fully saturated rings. The molecule has 2 amide bonds. The van der Waals surface area contributed by atoms with Crippen molar-refractivity contribution in [1.82, 2.24) is 5.32 Å². The Hall–Kier alpha value is -3.15. The van der Waals surface area contributed by atoms with Gasteiger partial charge in [-0.25, -0.2) is 4.79 Å². The van der Waals surface area contributed by atoms with Crippen LogP contribution in [0.25, 0.3) is 0 Å². The molecule has 4 rings (SSSR count). The van der Waals surface area contributed by atoms with E-state index in [2.05, 4.69) is 10.6 Å². The van der Waals surface area contributed by atoms with Gasteiger partial charge in [0.05, 0.1) is 16.8 Å². The fraction of sp³-hybridized carbons (Fsp3) is 0.250. The van der Waals surface area contributed by atoms with E-state index in [4.69, 9.17) is 4.74 Å². The summed E-state index contributed by atoms with van der Waals surface area (Å²) in [7, 11) is 0. The van der Waals surface area contributed by atoms with E-state index in [-0.39, 0.29) is 11.9 Å². The molecule has 0 spiro atoms. The largest absolute Gasteiger partial charge is 0.448 e. The number of carbonyl (C=O) groups is 3. The number of esters is 1. The van der Waals surface area contributed by atoms with Gasteiger partial charge in [0.2, 0.25) is 0 Å². The molecule has 1 atom stereocenters. The van der Waals surface area contributed by atoms with Crippen molar-refractivity contribution >= 4 is 23.5 Å². The maximum atomic E-state index is 12.6. The van der Waals surface area contributed by atoms with E-state index < -0.39 is 18.0 Å². The Morgan fingerprint density at radius 3 is 2.54 bits per heavy atom. The minimum atomic E-state index is -0.919. The molecule has 1 aliphatic heterocycles. The van der Waals surface area contributed by atoms with Crippen LogP contribution in [0.4, 0.5) is 5.69 Å². The van der Waals surface area contributed by atoms with Crippen LogP contribution in [0.3, 0.4) is 0 Å².